The van der Waals surface area contributed by atoms with Gasteiger partial charge in [0.15, 0.2) is 0 Å². The summed E-state index contributed by atoms with van der Waals surface area (Å²) in [7, 11) is 0. The third-order valence-corrected chi connectivity index (χ3v) is 3.60. The van der Waals surface area contributed by atoms with Gasteiger partial charge in [0.2, 0.25) is 0 Å². The number of terminal acetylenes is 1. The molecule has 1 saturated heterocycles. The summed E-state index contributed by atoms with van der Waals surface area (Å²) in [4.78, 5) is 13.4. The Bertz CT molecular complexity index is 427. The maximum Gasteiger partial charge on any atom is 0.411 e. The van der Waals surface area contributed by atoms with E-state index in [0.29, 0.717) is 6.54 Å². The molecule has 3 nitrogen and oxygen atoms in total. The highest BCUT2D eigenvalue weighted by Gasteiger charge is 2.28. The van der Waals surface area contributed by atoms with Gasteiger partial charge in [-0.25, -0.2) is 4.79 Å². The highest BCUT2D eigenvalue weighted by molar-refractivity contribution is 8.00. The maximum absolute atomic E-state index is 11.8. The molecule has 1 fully saturated rings. The van der Waals surface area contributed by atoms with Gasteiger partial charge >= 0.3 is 6.09 Å². The monoisotopic (exact) mass is 247 g/mol. The summed E-state index contributed by atoms with van der Waals surface area (Å²) in [6, 6.07) is 9.60. The quantitative estimate of drug-likeness (QED) is 0.751. The first-order chi connectivity index (χ1) is 8.31. The molecule has 4 heteroatoms. The molecule has 1 aliphatic rings. The number of ether oxygens (including phenoxy) is 1. The average molecular weight is 247 g/mol. The fourth-order valence-corrected chi connectivity index (χ4v) is 2.59. The predicted octanol–water partition coefficient (Wildman–Crippen LogP) is 2.33. The Balaban J connectivity index is 1.88. The molecule has 0 saturated carbocycles. The van der Waals surface area contributed by atoms with Crippen molar-refractivity contribution < 1.29 is 9.53 Å². The molecule has 0 spiro atoms. The molecule has 0 aromatic heterocycles. The van der Waals surface area contributed by atoms with Crippen LogP contribution in [0.5, 0.6) is 0 Å². The molecule has 1 aliphatic heterocycles. The van der Waals surface area contributed by atoms with Gasteiger partial charge in [-0.05, 0) is 5.56 Å². The lowest BCUT2D eigenvalue weighted by Gasteiger charge is -2.18. The van der Waals surface area contributed by atoms with E-state index in [4.69, 9.17) is 11.2 Å². The van der Waals surface area contributed by atoms with Gasteiger partial charge in [-0.2, -0.15) is 0 Å². The Hall–Kier alpha value is -1.60. The van der Waals surface area contributed by atoms with Crippen LogP contribution in [-0.2, 0) is 11.3 Å². The number of carbonyl (C=O) groups excluding carboxylic acids is 1. The van der Waals surface area contributed by atoms with Crippen molar-refractivity contribution in [1.29, 1.82) is 0 Å². The third kappa shape index (κ3) is 2.95. The van der Waals surface area contributed by atoms with E-state index < -0.39 is 0 Å². The van der Waals surface area contributed by atoms with Crippen LogP contribution >= 0.6 is 11.8 Å². The molecule has 0 radical (unpaired) electrons. The van der Waals surface area contributed by atoms with Crippen LogP contribution < -0.4 is 0 Å². The van der Waals surface area contributed by atoms with E-state index in [1.807, 2.05) is 30.3 Å². The van der Waals surface area contributed by atoms with Crippen molar-refractivity contribution in [2.45, 2.75) is 12.0 Å². The van der Waals surface area contributed by atoms with Gasteiger partial charge in [-0.1, -0.05) is 36.3 Å². The SMILES string of the molecule is C#CC1SCCN1C(=O)OCc1ccccc1. The lowest BCUT2D eigenvalue weighted by Crippen LogP contribution is -2.34. The summed E-state index contributed by atoms with van der Waals surface area (Å²) in [6.45, 7) is 0.950. The second-order valence-corrected chi connectivity index (χ2v) is 4.81. The molecule has 0 N–H and O–H groups in total. The number of carbonyl (C=O) groups is 1. The number of nitrogens with zero attached hydrogens (tertiary/aromatic N) is 1. The van der Waals surface area contributed by atoms with Crippen LogP contribution in [0.3, 0.4) is 0 Å². The van der Waals surface area contributed by atoms with Gasteiger partial charge in [0.25, 0.3) is 0 Å². The standard InChI is InChI=1S/C13H13NO2S/c1-2-12-14(8-9-17-12)13(15)16-10-11-6-4-3-5-7-11/h1,3-7,12H,8-10H2. The van der Waals surface area contributed by atoms with Crippen LogP contribution in [-0.4, -0.2) is 28.7 Å². The summed E-state index contributed by atoms with van der Waals surface area (Å²) in [6.07, 6.45) is 5.02. The van der Waals surface area contributed by atoms with Crippen molar-refractivity contribution in [2.75, 3.05) is 12.3 Å². The second-order valence-electron chi connectivity index (χ2n) is 3.62. The third-order valence-electron chi connectivity index (χ3n) is 2.47. The topological polar surface area (TPSA) is 29.5 Å². The Morgan fingerprint density at radius 1 is 1.53 bits per heavy atom. The number of rotatable bonds is 2. The summed E-state index contributed by atoms with van der Waals surface area (Å²) in [5.74, 6) is 3.45. The molecule has 1 atom stereocenters. The van der Waals surface area contributed by atoms with Gasteiger partial charge in [0, 0.05) is 12.3 Å². The first-order valence-corrected chi connectivity index (χ1v) is 6.41. The highest BCUT2D eigenvalue weighted by atomic mass is 32.2. The predicted molar refractivity (Wildman–Crippen MR) is 68.4 cm³/mol. The largest absolute Gasteiger partial charge is 0.444 e. The smallest absolute Gasteiger partial charge is 0.411 e. The van der Waals surface area contributed by atoms with Crippen molar-refractivity contribution in [1.82, 2.24) is 4.90 Å². The van der Waals surface area contributed by atoms with Crippen LogP contribution in [0.1, 0.15) is 5.56 Å². The first kappa shape index (κ1) is 11.9. The molecule has 1 aromatic rings. The number of hydrogen-bond acceptors (Lipinski definition) is 3. The van der Waals surface area contributed by atoms with Crippen LogP contribution in [0.15, 0.2) is 30.3 Å². The Labute approximate surface area is 105 Å². The number of benzene rings is 1. The normalized spacial score (nSPS) is 18.8. The number of hydrogen-bond donors (Lipinski definition) is 0. The molecular formula is C13H13NO2S. The number of thioether (sulfide) groups is 1. The van der Waals surface area contributed by atoms with E-state index in [2.05, 4.69) is 5.92 Å². The van der Waals surface area contributed by atoms with E-state index in [0.717, 1.165) is 11.3 Å². The van der Waals surface area contributed by atoms with E-state index in [9.17, 15) is 4.79 Å². The van der Waals surface area contributed by atoms with Crippen molar-refractivity contribution in [3.05, 3.63) is 35.9 Å². The van der Waals surface area contributed by atoms with Crippen molar-refractivity contribution in [3.8, 4) is 12.3 Å². The van der Waals surface area contributed by atoms with Crippen molar-refractivity contribution in [3.63, 3.8) is 0 Å². The van der Waals surface area contributed by atoms with Gasteiger partial charge in [-0.3, -0.25) is 4.90 Å². The van der Waals surface area contributed by atoms with E-state index in [1.54, 1.807) is 16.7 Å². The average Bonchev–Trinajstić information content (AvgIpc) is 2.85. The van der Waals surface area contributed by atoms with E-state index in [-0.39, 0.29) is 18.1 Å². The van der Waals surface area contributed by atoms with Gasteiger partial charge in [0.05, 0.1) is 0 Å². The number of amides is 1. The fraction of sp³-hybridized carbons (Fsp3) is 0.308. The molecule has 1 amide bonds. The molecule has 1 heterocycles. The molecule has 0 aliphatic carbocycles. The summed E-state index contributed by atoms with van der Waals surface area (Å²) >= 11 is 1.59. The van der Waals surface area contributed by atoms with Gasteiger partial charge < -0.3 is 4.74 Å². The van der Waals surface area contributed by atoms with E-state index in [1.165, 1.54) is 0 Å². The summed E-state index contributed by atoms with van der Waals surface area (Å²) in [5, 5.41) is -0.182. The lowest BCUT2D eigenvalue weighted by molar-refractivity contribution is 0.102. The summed E-state index contributed by atoms with van der Waals surface area (Å²) < 4.78 is 5.22. The zero-order valence-corrected chi connectivity index (χ0v) is 10.2. The van der Waals surface area contributed by atoms with Crippen molar-refractivity contribution >= 4 is 17.9 Å². The minimum absolute atomic E-state index is 0.182. The highest BCUT2D eigenvalue weighted by Crippen LogP contribution is 2.23. The lowest BCUT2D eigenvalue weighted by atomic mass is 10.2. The van der Waals surface area contributed by atoms with Crippen LogP contribution in [0.25, 0.3) is 0 Å². The zero-order valence-electron chi connectivity index (χ0n) is 9.33. The minimum atomic E-state index is -0.332. The Morgan fingerprint density at radius 2 is 2.29 bits per heavy atom. The Kier molecular flexibility index (Phi) is 3.94. The zero-order chi connectivity index (χ0) is 12.1. The van der Waals surface area contributed by atoms with Gasteiger partial charge in [-0.15, -0.1) is 18.2 Å². The van der Waals surface area contributed by atoms with Crippen LogP contribution in [0.4, 0.5) is 4.79 Å². The van der Waals surface area contributed by atoms with E-state index >= 15 is 0 Å². The van der Waals surface area contributed by atoms with Crippen LogP contribution in [0.2, 0.25) is 0 Å². The molecule has 88 valence electrons. The fourth-order valence-electron chi connectivity index (χ4n) is 1.60. The molecule has 1 unspecified atom stereocenters. The Morgan fingerprint density at radius 3 is 3.00 bits per heavy atom. The molecule has 2 rings (SSSR count). The molecule has 0 bridgehead atoms. The summed E-state index contributed by atoms with van der Waals surface area (Å²) in [5.41, 5.74) is 0.977. The van der Waals surface area contributed by atoms with Crippen molar-refractivity contribution in [2.24, 2.45) is 0 Å². The molecule has 1 aromatic carbocycles. The minimum Gasteiger partial charge on any atom is -0.444 e. The van der Waals surface area contributed by atoms with Gasteiger partial charge in [0.1, 0.15) is 12.0 Å². The maximum atomic E-state index is 11.8. The molecular weight excluding hydrogens is 234 g/mol. The van der Waals surface area contributed by atoms with Crippen LogP contribution in [0, 0.1) is 12.3 Å². The first-order valence-electron chi connectivity index (χ1n) is 5.36. The second kappa shape index (κ2) is 5.65. The molecule has 17 heavy (non-hydrogen) atoms.